The van der Waals surface area contributed by atoms with Crippen LogP contribution in [0, 0.1) is 12.3 Å². The Morgan fingerprint density at radius 1 is 1.33 bits per heavy atom. The summed E-state index contributed by atoms with van der Waals surface area (Å²) in [5, 5.41) is 6.92. The maximum absolute atomic E-state index is 12.8. The van der Waals surface area contributed by atoms with Gasteiger partial charge in [0.1, 0.15) is 0 Å². The number of hydrogen-bond donors (Lipinski definition) is 1. The zero-order valence-corrected chi connectivity index (χ0v) is 14.7. The van der Waals surface area contributed by atoms with Gasteiger partial charge in [0.2, 0.25) is 0 Å². The van der Waals surface area contributed by atoms with Gasteiger partial charge in [0.05, 0.1) is 16.7 Å². The number of rotatable bonds is 4. The third kappa shape index (κ3) is 2.51. The minimum atomic E-state index is -0.228. The van der Waals surface area contributed by atoms with Gasteiger partial charge in [-0.3, -0.25) is 4.79 Å². The molecule has 1 aliphatic carbocycles. The molecule has 128 valence electrons. The van der Waals surface area contributed by atoms with Crippen molar-refractivity contribution in [3.63, 3.8) is 0 Å². The largest absolute Gasteiger partial charge is 0.378 e. The van der Waals surface area contributed by atoms with Crippen LogP contribution in [0.4, 0.5) is 0 Å². The number of carbonyl (C=O) groups excluding carboxylic acids is 1. The third-order valence-corrected chi connectivity index (χ3v) is 5.51. The predicted octanol–water partition coefficient (Wildman–Crippen LogP) is 2.98. The molecule has 24 heavy (non-hydrogen) atoms. The summed E-state index contributed by atoms with van der Waals surface area (Å²) in [5.41, 5.74) is 0.798. The fraction of sp³-hybridized carbons (Fsp3) is 0.500. The van der Waals surface area contributed by atoms with Gasteiger partial charge in [-0.15, -0.1) is 0 Å². The number of benzene rings is 1. The summed E-state index contributed by atoms with van der Waals surface area (Å²) in [6, 6.07) is 7.30. The lowest BCUT2D eigenvalue weighted by atomic mass is 9.56. The molecule has 0 spiro atoms. The van der Waals surface area contributed by atoms with Crippen molar-refractivity contribution >= 4 is 5.91 Å². The van der Waals surface area contributed by atoms with Crippen molar-refractivity contribution in [3.8, 4) is 11.5 Å². The summed E-state index contributed by atoms with van der Waals surface area (Å²) in [6.45, 7) is 8.04. The predicted molar refractivity (Wildman–Crippen MR) is 89.5 cm³/mol. The van der Waals surface area contributed by atoms with Crippen LogP contribution in [0.15, 0.2) is 28.8 Å². The Balaban J connectivity index is 1.83. The van der Waals surface area contributed by atoms with E-state index in [0.29, 0.717) is 22.8 Å². The molecule has 0 radical (unpaired) electrons. The molecule has 2 aromatic rings. The first-order valence-corrected chi connectivity index (χ1v) is 8.04. The smallest absolute Gasteiger partial charge is 0.258 e. The van der Waals surface area contributed by atoms with E-state index in [1.165, 1.54) is 0 Å². The lowest BCUT2D eigenvalue weighted by Gasteiger charge is -2.59. The van der Waals surface area contributed by atoms with Crippen molar-refractivity contribution in [3.05, 3.63) is 35.7 Å². The van der Waals surface area contributed by atoms with Gasteiger partial charge in [-0.1, -0.05) is 31.1 Å². The standard InChI is InChI=1S/C18H23N3O3/c1-11-19-16(24-21-11)13-9-7-6-8-12(13)15(22)20-14-10-18(4,23-5)17(14,2)3/h6-9,14H,10H2,1-5H3,(H,20,22)/t14-,18+/m0/s1. The maximum atomic E-state index is 12.8. The Labute approximate surface area is 141 Å². The molecule has 0 aliphatic heterocycles. The molecule has 6 nitrogen and oxygen atoms in total. The van der Waals surface area contributed by atoms with Crippen molar-refractivity contribution in [2.45, 2.75) is 45.8 Å². The van der Waals surface area contributed by atoms with Gasteiger partial charge in [-0.05, 0) is 32.4 Å². The van der Waals surface area contributed by atoms with Crippen LogP contribution in [0.25, 0.3) is 11.5 Å². The molecule has 1 heterocycles. The zero-order chi connectivity index (χ0) is 17.5. The first-order chi connectivity index (χ1) is 11.3. The van der Waals surface area contributed by atoms with E-state index in [0.717, 1.165) is 6.42 Å². The van der Waals surface area contributed by atoms with Crippen molar-refractivity contribution < 1.29 is 14.1 Å². The van der Waals surface area contributed by atoms with Crippen molar-refractivity contribution in [2.24, 2.45) is 5.41 Å². The van der Waals surface area contributed by atoms with E-state index in [2.05, 4.69) is 36.2 Å². The monoisotopic (exact) mass is 329 g/mol. The lowest BCUT2D eigenvalue weighted by Crippen LogP contribution is -2.68. The summed E-state index contributed by atoms with van der Waals surface area (Å²) in [5.74, 6) is 0.752. The fourth-order valence-corrected chi connectivity index (χ4v) is 3.23. The average molecular weight is 329 g/mol. The van der Waals surface area contributed by atoms with Crippen LogP contribution in [0.2, 0.25) is 0 Å². The van der Waals surface area contributed by atoms with Crippen molar-refractivity contribution in [1.82, 2.24) is 15.5 Å². The first kappa shape index (κ1) is 16.6. The Morgan fingerprint density at radius 2 is 2.04 bits per heavy atom. The number of aromatic nitrogens is 2. The Kier molecular flexibility index (Phi) is 3.95. The Hall–Kier alpha value is -2.21. The molecule has 1 aromatic carbocycles. The zero-order valence-electron chi connectivity index (χ0n) is 14.7. The molecule has 1 saturated carbocycles. The molecular formula is C18H23N3O3. The van der Waals surface area contributed by atoms with Crippen molar-refractivity contribution in [2.75, 3.05) is 7.11 Å². The quantitative estimate of drug-likeness (QED) is 0.933. The van der Waals surface area contributed by atoms with Crippen LogP contribution in [0.1, 0.15) is 43.4 Å². The van der Waals surface area contributed by atoms with Gasteiger partial charge < -0.3 is 14.6 Å². The summed E-state index contributed by atoms with van der Waals surface area (Å²) >= 11 is 0. The van der Waals surface area contributed by atoms with Gasteiger partial charge in [0, 0.05) is 18.6 Å². The molecule has 0 bridgehead atoms. The van der Waals surface area contributed by atoms with Crippen LogP contribution >= 0.6 is 0 Å². The lowest BCUT2D eigenvalue weighted by molar-refractivity contribution is -0.177. The minimum absolute atomic E-state index is 0.0485. The highest BCUT2D eigenvalue weighted by molar-refractivity contribution is 6.00. The van der Waals surface area contributed by atoms with E-state index in [4.69, 9.17) is 9.26 Å². The Morgan fingerprint density at radius 3 is 2.62 bits per heavy atom. The van der Waals surface area contributed by atoms with Gasteiger partial charge in [-0.25, -0.2) is 0 Å². The van der Waals surface area contributed by atoms with E-state index in [1.54, 1.807) is 20.1 Å². The molecule has 1 aliphatic rings. The molecule has 0 unspecified atom stereocenters. The highest BCUT2D eigenvalue weighted by Crippen LogP contribution is 2.51. The highest BCUT2D eigenvalue weighted by Gasteiger charge is 2.58. The topological polar surface area (TPSA) is 77.2 Å². The third-order valence-electron chi connectivity index (χ3n) is 5.51. The molecule has 0 saturated heterocycles. The number of nitrogens with zero attached hydrogens (tertiary/aromatic N) is 2. The van der Waals surface area contributed by atoms with E-state index in [9.17, 15) is 4.79 Å². The Bertz CT molecular complexity index is 768. The average Bonchev–Trinajstić information content (AvgIpc) is 3.00. The summed E-state index contributed by atoms with van der Waals surface area (Å²) in [4.78, 5) is 17.0. The normalized spacial score (nSPS) is 25.1. The van der Waals surface area contributed by atoms with Crippen LogP contribution in [0.5, 0.6) is 0 Å². The van der Waals surface area contributed by atoms with Crippen LogP contribution in [0.3, 0.4) is 0 Å². The molecule has 1 fully saturated rings. The molecule has 6 heteroatoms. The minimum Gasteiger partial charge on any atom is -0.378 e. The van der Waals surface area contributed by atoms with Gasteiger partial charge in [0.15, 0.2) is 5.82 Å². The summed E-state index contributed by atoms with van der Waals surface area (Å²) in [7, 11) is 1.72. The van der Waals surface area contributed by atoms with E-state index in [1.807, 2.05) is 18.2 Å². The number of amides is 1. The summed E-state index contributed by atoms with van der Waals surface area (Å²) < 4.78 is 10.8. The summed E-state index contributed by atoms with van der Waals surface area (Å²) in [6.07, 6.45) is 0.782. The second kappa shape index (κ2) is 5.70. The molecule has 1 aromatic heterocycles. The van der Waals surface area contributed by atoms with E-state index < -0.39 is 0 Å². The molecule has 3 rings (SSSR count). The first-order valence-electron chi connectivity index (χ1n) is 8.04. The number of aryl methyl sites for hydroxylation is 1. The number of nitrogens with one attached hydrogen (secondary N) is 1. The van der Waals surface area contributed by atoms with E-state index in [-0.39, 0.29) is 23.0 Å². The van der Waals surface area contributed by atoms with Crippen LogP contribution in [-0.2, 0) is 4.74 Å². The second-order valence-corrected chi connectivity index (χ2v) is 7.08. The van der Waals surface area contributed by atoms with Crippen molar-refractivity contribution in [1.29, 1.82) is 0 Å². The van der Waals surface area contributed by atoms with E-state index >= 15 is 0 Å². The maximum Gasteiger partial charge on any atom is 0.258 e. The van der Waals surface area contributed by atoms with Gasteiger partial charge in [-0.2, -0.15) is 4.98 Å². The van der Waals surface area contributed by atoms with Gasteiger partial charge in [0.25, 0.3) is 11.8 Å². The number of hydrogen-bond acceptors (Lipinski definition) is 5. The molecular weight excluding hydrogens is 306 g/mol. The fourth-order valence-electron chi connectivity index (χ4n) is 3.23. The molecule has 1 amide bonds. The molecule has 2 atom stereocenters. The SMILES string of the molecule is CO[C@]1(C)C[C@H](NC(=O)c2ccccc2-c2nc(C)no2)C1(C)C. The molecule has 1 N–H and O–H groups in total. The van der Waals surface area contributed by atoms with Crippen LogP contribution in [-0.4, -0.2) is 34.8 Å². The number of methoxy groups -OCH3 is 1. The van der Waals surface area contributed by atoms with Crippen LogP contribution < -0.4 is 5.32 Å². The van der Waals surface area contributed by atoms with Gasteiger partial charge >= 0.3 is 0 Å². The number of carbonyl (C=O) groups is 1. The second-order valence-electron chi connectivity index (χ2n) is 7.08. The number of ether oxygens (including phenoxy) is 1. The highest BCUT2D eigenvalue weighted by atomic mass is 16.5.